The van der Waals surface area contributed by atoms with Gasteiger partial charge in [-0.2, -0.15) is 0 Å². The van der Waals surface area contributed by atoms with E-state index in [9.17, 15) is 0 Å². The van der Waals surface area contributed by atoms with Crippen LogP contribution in [-0.2, 0) is 0 Å². The predicted octanol–water partition coefficient (Wildman–Crippen LogP) is 1.47. The standard InChI is InChI=1S/C8H13BrN4S/c1-13(2)3-4-14-8-11-6(9)5-7(10)12-8/h5H,3-4H2,1-2H3,(H2,10,11,12). The van der Waals surface area contributed by atoms with Gasteiger partial charge in [0.2, 0.25) is 0 Å². The monoisotopic (exact) mass is 276 g/mol. The van der Waals surface area contributed by atoms with Crippen molar-refractivity contribution < 1.29 is 0 Å². The van der Waals surface area contributed by atoms with E-state index in [-0.39, 0.29) is 0 Å². The van der Waals surface area contributed by atoms with E-state index >= 15 is 0 Å². The normalized spacial score (nSPS) is 10.9. The summed E-state index contributed by atoms with van der Waals surface area (Å²) in [6.45, 7) is 1.00. The van der Waals surface area contributed by atoms with Crippen LogP contribution in [0.2, 0.25) is 0 Å². The third kappa shape index (κ3) is 4.26. The van der Waals surface area contributed by atoms with Gasteiger partial charge in [-0.15, -0.1) is 0 Å². The summed E-state index contributed by atoms with van der Waals surface area (Å²) in [6.07, 6.45) is 0. The molecule has 78 valence electrons. The number of nitrogens with zero attached hydrogens (tertiary/aromatic N) is 3. The van der Waals surface area contributed by atoms with Gasteiger partial charge in [0.05, 0.1) is 0 Å². The number of anilines is 1. The number of halogens is 1. The average molecular weight is 277 g/mol. The van der Waals surface area contributed by atoms with E-state index in [1.807, 2.05) is 14.1 Å². The van der Waals surface area contributed by atoms with Crippen molar-refractivity contribution >= 4 is 33.5 Å². The molecule has 0 amide bonds. The molecule has 0 atom stereocenters. The molecule has 0 radical (unpaired) electrons. The van der Waals surface area contributed by atoms with Crippen LogP contribution in [0.15, 0.2) is 15.8 Å². The van der Waals surface area contributed by atoms with Crippen LogP contribution in [0.5, 0.6) is 0 Å². The SMILES string of the molecule is CN(C)CCSc1nc(N)cc(Br)n1. The molecule has 0 fully saturated rings. The molecule has 0 bridgehead atoms. The first-order valence-electron chi connectivity index (χ1n) is 4.15. The van der Waals surface area contributed by atoms with Crippen LogP contribution >= 0.6 is 27.7 Å². The summed E-state index contributed by atoms with van der Waals surface area (Å²) in [7, 11) is 4.08. The van der Waals surface area contributed by atoms with Crippen LogP contribution in [0.4, 0.5) is 5.82 Å². The van der Waals surface area contributed by atoms with Gasteiger partial charge >= 0.3 is 0 Å². The molecule has 4 nitrogen and oxygen atoms in total. The van der Waals surface area contributed by atoms with E-state index in [0.29, 0.717) is 5.82 Å². The molecule has 0 aliphatic carbocycles. The van der Waals surface area contributed by atoms with E-state index in [2.05, 4.69) is 30.8 Å². The zero-order valence-corrected chi connectivity index (χ0v) is 10.6. The molecule has 14 heavy (non-hydrogen) atoms. The maximum atomic E-state index is 5.59. The first kappa shape index (κ1) is 11.7. The first-order chi connectivity index (χ1) is 6.58. The van der Waals surface area contributed by atoms with Crippen molar-refractivity contribution in [1.82, 2.24) is 14.9 Å². The van der Waals surface area contributed by atoms with Gasteiger partial charge < -0.3 is 10.6 Å². The van der Waals surface area contributed by atoms with Gasteiger partial charge in [-0.25, -0.2) is 9.97 Å². The molecule has 2 N–H and O–H groups in total. The van der Waals surface area contributed by atoms with Crippen molar-refractivity contribution in [1.29, 1.82) is 0 Å². The molecule has 0 saturated heterocycles. The maximum absolute atomic E-state index is 5.59. The molecule has 1 aromatic heterocycles. The van der Waals surface area contributed by atoms with Crippen LogP contribution in [0.1, 0.15) is 0 Å². The highest BCUT2D eigenvalue weighted by Crippen LogP contribution is 2.17. The zero-order valence-electron chi connectivity index (χ0n) is 8.20. The summed E-state index contributed by atoms with van der Waals surface area (Å²) in [6, 6.07) is 1.69. The lowest BCUT2D eigenvalue weighted by atomic mass is 10.6. The second-order valence-corrected chi connectivity index (χ2v) is 4.92. The lowest BCUT2D eigenvalue weighted by Gasteiger charge is -2.07. The van der Waals surface area contributed by atoms with Crippen molar-refractivity contribution in [3.8, 4) is 0 Å². The Morgan fingerprint density at radius 2 is 2.21 bits per heavy atom. The Balaban J connectivity index is 2.50. The van der Waals surface area contributed by atoms with Crippen LogP contribution in [0, 0.1) is 0 Å². The van der Waals surface area contributed by atoms with E-state index in [1.165, 1.54) is 0 Å². The molecule has 0 spiro atoms. The van der Waals surface area contributed by atoms with Gasteiger partial charge in [-0.1, -0.05) is 11.8 Å². The van der Waals surface area contributed by atoms with E-state index < -0.39 is 0 Å². The van der Waals surface area contributed by atoms with Crippen molar-refractivity contribution in [2.24, 2.45) is 0 Å². The number of hydrogen-bond acceptors (Lipinski definition) is 5. The second-order valence-electron chi connectivity index (χ2n) is 3.05. The lowest BCUT2D eigenvalue weighted by Crippen LogP contribution is -2.15. The highest BCUT2D eigenvalue weighted by atomic mass is 79.9. The number of nitrogens with two attached hydrogens (primary N) is 1. The number of aromatic nitrogens is 2. The molecule has 0 aliphatic rings. The van der Waals surface area contributed by atoms with Crippen molar-refractivity contribution in [3.05, 3.63) is 10.7 Å². The van der Waals surface area contributed by atoms with Crippen LogP contribution < -0.4 is 5.73 Å². The van der Waals surface area contributed by atoms with Gasteiger partial charge in [-0.3, -0.25) is 0 Å². The quantitative estimate of drug-likeness (QED) is 0.513. The Morgan fingerprint density at radius 1 is 1.50 bits per heavy atom. The number of hydrogen-bond donors (Lipinski definition) is 1. The van der Waals surface area contributed by atoms with Gasteiger partial charge in [0.1, 0.15) is 10.4 Å². The summed E-state index contributed by atoms with van der Waals surface area (Å²) in [5.41, 5.74) is 5.59. The summed E-state index contributed by atoms with van der Waals surface area (Å²) < 4.78 is 0.734. The van der Waals surface area contributed by atoms with Gasteiger partial charge in [0.25, 0.3) is 0 Å². The molecule has 1 heterocycles. The minimum atomic E-state index is 0.499. The summed E-state index contributed by atoms with van der Waals surface area (Å²) >= 11 is 4.88. The minimum Gasteiger partial charge on any atom is -0.384 e. The molecular weight excluding hydrogens is 264 g/mol. The van der Waals surface area contributed by atoms with E-state index in [4.69, 9.17) is 5.73 Å². The topological polar surface area (TPSA) is 55.0 Å². The fraction of sp³-hybridized carbons (Fsp3) is 0.500. The van der Waals surface area contributed by atoms with Crippen molar-refractivity contribution in [3.63, 3.8) is 0 Å². The van der Waals surface area contributed by atoms with Crippen molar-refractivity contribution in [2.75, 3.05) is 32.1 Å². The van der Waals surface area contributed by atoms with E-state index in [0.717, 1.165) is 22.1 Å². The smallest absolute Gasteiger partial charge is 0.190 e. The first-order valence-corrected chi connectivity index (χ1v) is 5.93. The molecule has 0 saturated carbocycles. The molecule has 0 aliphatic heterocycles. The second kappa shape index (κ2) is 5.53. The summed E-state index contributed by atoms with van der Waals surface area (Å²) in [4.78, 5) is 10.4. The maximum Gasteiger partial charge on any atom is 0.190 e. The molecule has 1 rings (SSSR count). The zero-order chi connectivity index (χ0) is 10.6. The fourth-order valence-electron chi connectivity index (χ4n) is 0.797. The highest BCUT2D eigenvalue weighted by Gasteiger charge is 2.01. The third-order valence-electron chi connectivity index (χ3n) is 1.46. The predicted molar refractivity (Wildman–Crippen MR) is 63.4 cm³/mol. The Hall–Kier alpha value is -0.330. The molecule has 1 aromatic rings. The van der Waals surface area contributed by atoms with Crippen LogP contribution in [-0.4, -0.2) is 41.3 Å². The molecular formula is C8H13BrN4S. The third-order valence-corrected chi connectivity index (χ3v) is 2.70. The number of thioether (sulfide) groups is 1. The Morgan fingerprint density at radius 3 is 2.79 bits per heavy atom. The lowest BCUT2D eigenvalue weighted by molar-refractivity contribution is 0.437. The minimum absolute atomic E-state index is 0.499. The van der Waals surface area contributed by atoms with Gasteiger partial charge in [0, 0.05) is 18.4 Å². The van der Waals surface area contributed by atoms with Crippen LogP contribution in [0.25, 0.3) is 0 Å². The van der Waals surface area contributed by atoms with E-state index in [1.54, 1.807) is 17.8 Å². The number of rotatable bonds is 4. The molecule has 0 aromatic carbocycles. The van der Waals surface area contributed by atoms with Crippen molar-refractivity contribution in [2.45, 2.75) is 5.16 Å². The Labute approximate surface area is 96.4 Å². The van der Waals surface area contributed by atoms with Crippen LogP contribution in [0.3, 0.4) is 0 Å². The summed E-state index contributed by atoms with van der Waals surface area (Å²) in [5, 5.41) is 0.721. The largest absolute Gasteiger partial charge is 0.384 e. The molecule has 0 unspecified atom stereocenters. The Bertz CT molecular complexity index is 285. The highest BCUT2D eigenvalue weighted by molar-refractivity contribution is 9.10. The average Bonchev–Trinajstić information content (AvgIpc) is 2.01. The van der Waals surface area contributed by atoms with Gasteiger partial charge in [-0.05, 0) is 30.0 Å². The fourth-order valence-corrected chi connectivity index (χ4v) is 2.29. The van der Waals surface area contributed by atoms with Gasteiger partial charge in [0.15, 0.2) is 5.16 Å². The number of nitrogen functional groups attached to an aromatic ring is 1. The summed E-state index contributed by atoms with van der Waals surface area (Å²) in [5.74, 6) is 1.46. The Kier molecular flexibility index (Phi) is 4.64. The molecule has 6 heteroatoms.